The van der Waals surface area contributed by atoms with E-state index in [1.54, 1.807) is 12.4 Å². The van der Waals surface area contributed by atoms with Crippen LogP contribution in [0.5, 0.6) is 0 Å². The molecule has 0 aliphatic carbocycles. The topological polar surface area (TPSA) is 67.3 Å². The summed E-state index contributed by atoms with van der Waals surface area (Å²) in [6, 6.07) is 2.15. The standard InChI is InChI=1S/C17H28N4O2/c1-17(2,3)23-16(22)20-11-7-13-21-12-5-4-8-14(21)15-18-9-6-10-19-15/h6,9-10,14H,4-5,7-8,11-13H2,1-3H3,(H,20,22). The molecule has 1 aromatic rings. The van der Waals surface area contributed by atoms with Gasteiger partial charge in [0.25, 0.3) is 0 Å². The Bertz CT molecular complexity index is 487. The Labute approximate surface area is 138 Å². The molecule has 0 spiro atoms. The van der Waals surface area contributed by atoms with E-state index in [4.69, 9.17) is 4.74 Å². The Kier molecular flexibility index (Phi) is 6.33. The second kappa shape index (κ2) is 8.24. The van der Waals surface area contributed by atoms with Crippen molar-refractivity contribution in [2.75, 3.05) is 19.6 Å². The van der Waals surface area contributed by atoms with Gasteiger partial charge in [-0.2, -0.15) is 0 Å². The first-order chi connectivity index (χ1) is 11.0. The van der Waals surface area contributed by atoms with Crippen molar-refractivity contribution >= 4 is 6.09 Å². The van der Waals surface area contributed by atoms with Crippen LogP contribution < -0.4 is 5.32 Å². The molecule has 1 atom stereocenters. The molecule has 1 amide bonds. The summed E-state index contributed by atoms with van der Waals surface area (Å²) >= 11 is 0. The molecule has 1 N–H and O–H groups in total. The number of nitrogens with zero attached hydrogens (tertiary/aromatic N) is 3. The van der Waals surface area contributed by atoms with Crippen LogP contribution in [0.2, 0.25) is 0 Å². The fourth-order valence-corrected chi connectivity index (χ4v) is 2.82. The van der Waals surface area contributed by atoms with Crippen molar-refractivity contribution in [1.29, 1.82) is 0 Å². The lowest BCUT2D eigenvalue weighted by Crippen LogP contribution is -2.37. The van der Waals surface area contributed by atoms with Gasteiger partial charge in [-0.05, 0) is 52.6 Å². The lowest BCUT2D eigenvalue weighted by Gasteiger charge is -2.34. The van der Waals surface area contributed by atoms with Crippen LogP contribution in [0.15, 0.2) is 18.5 Å². The highest BCUT2D eigenvalue weighted by Gasteiger charge is 2.25. The molecule has 0 saturated carbocycles. The summed E-state index contributed by atoms with van der Waals surface area (Å²) < 4.78 is 5.24. The third kappa shape index (κ3) is 6.14. The zero-order valence-electron chi connectivity index (χ0n) is 14.4. The summed E-state index contributed by atoms with van der Waals surface area (Å²) in [4.78, 5) is 22.9. The number of alkyl carbamates (subject to hydrolysis) is 1. The number of ether oxygens (including phenoxy) is 1. The molecule has 0 radical (unpaired) electrons. The predicted octanol–water partition coefficient (Wildman–Crippen LogP) is 2.92. The second-order valence-electron chi connectivity index (χ2n) is 6.94. The van der Waals surface area contributed by atoms with Crippen molar-refractivity contribution in [3.8, 4) is 0 Å². The Morgan fingerprint density at radius 1 is 1.35 bits per heavy atom. The van der Waals surface area contributed by atoms with Crippen LogP contribution in [0.4, 0.5) is 4.79 Å². The fourth-order valence-electron chi connectivity index (χ4n) is 2.82. The van der Waals surface area contributed by atoms with Crippen LogP contribution in [0, 0.1) is 0 Å². The summed E-state index contributed by atoms with van der Waals surface area (Å²) in [5.74, 6) is 0.910. The number of likely N-dealkylation sites (tertiary alicyclic amines) is 1. The third-order valence-electron chi connectivity index (χ3n) is 3.79. The average Bonchev–Trinajstić information content (AvgIpc) is 2.51. The maximum atomic E-state index is 11.6. The van der Waals surface area contributed by atoms with E-state index in [9.17, 15) is 4.79 Å². The molecule has 1 fully saturated rings. The first kappa shape index (κ1) is 17.7. The molecule has 1 saturated heterocycles. The number of piperidine rings is 1. The lowest BCUT2D eigenvalue weighted by molar-refractivity contribution is 0.0523. The molecule has 23 heavy (non-hydrogen) atoms. The normalized spacial score (nSPS) is 19.3. The van der Waals surface area contributed by atoms with Crippen molar-refractivity contribution in [2.24, 2.45) is 0 Å². The monoisotopic (exact) mass is 320 g/mol. The first-order valence-electron chi connectivity index (χ1n) is 8.43. The molecule has 1 aliphatic heterocycles. The van der Waals surface area contributed by atoms with E-state index in [2.05, 4.69) is 20.2 Å². The van der Waals surface area contributed by atoms with Gasteiger partial charge in [-0.15, -0.1) is 0 Å². The number of carbonyl (C=O) groups is 1. The second-order valence-corrected chi connectivity index (χ2v) is 6.94. The maximum Gasteiger partial charge on any atom is 0.407 e. The van der Waals surface area contributed by atoms with E-state index in [0.29, 0.717) is 12.6 Å². The van der Waals surface area contributed by atoms with Gasteiger partial charge >= 0.3 is 6.09 Å². The van der Waals surface area contributed by atoms with Crippen LogP contribution in [0.3, 0.4) is 0 Å². The minimum atomic E-state index is -0.452. The van der Waals surface area contributed by atoms with Crippen molar-refractivity contribution < 1.29 is 9.53 Å². The van der Waals surface area contributed by atoms with E-state index in [0.717, 1.165) is 31.8 Å². The van der Waals surface area contributed by atoms with Crippen LogP contribution in [0.25, 0.3) is 0 Å². The predicted molar refractivity (Wildman–Crippen MR) is 89.1 cm³/mol. The van der Waals surface area contributed by atoms with Crippen molar-refractivity contribution in [2.45, 2.75) is 58.1 Å². The van der Waals surface area contributed by atoms with Crippen LogP contribution in [0.1, 0.15) is 58.3 Å². The van der Waals surface area contributed by atoms with Gasteiger partial charge < -0.3 is 10.1 Å². The van der Waals surface area contributed by atoms with E-state index in [-0.39, 0.29) is 6.09 Å². The molecule has 2 rings (SSSR count). The zero-order valence-corrected chi connectivity index (χ0v) is 14.4. The van der Waals surface area contributed by atoms with E-state index < -0.39 is 5.60 Å². The van der Waals surface area contributed by atoms with Crippen LogP contribution in [-0.4, -0.2) is 46.2 Å². The molecule has 0 aromatic carbocycles. The van der Waals surface area contributed by atoms with Crippen molar-refractivity contribution in [1.82, 2.24) is 20.2 Å². The number of amides is 1. The Balaban J connectivity index is 1.76. The van der Waals surface area contributed by atoms with Gasteiger partial charge in [0, 0.05) is 25.5 Å². The molecular weight excluding hydrogens is 292 g/mol. The molecular formula is C17H28N4O2. The number of nitrogens with one attached hydrogen (secondary N) is 1. The van der Waals surface area contributed by atoms with Gasteiger partial charge in [0.2, 0.25) is 0 Å². The smallest absolute Gasteiger partial charge is 0.407 e. The van der Waals surface area contributed by atoms with Gasteiger partial charge in [0.1, 0.15) is 11.4 Å². The fraction of sp³-hybridized carbons (Fsp3) is 0.706. The molecule has 0 bridgehead atoms. The summed E-state index contributed by atoms with van der Waals surface area (Å²) in [6.45, 7) is 8.21. The van der Waals surface area contributed by atoms with Gasteiger partial charge in [-0.1, -0.05) is 6.42 Å². The quantitative estimate of drug-likeness (QED) is 0.845. The number of hydrogen-bond acceptors (Lipinski definition) is 5. The molecule has 1 unspecified atom stereocenters. The number of carbonyl (C=O) groups excluding carboxylic acids is 1. The van der Waals surface area contributed by atoms with E-state index in [1.165, 1.54) is 12.8 Å². The first-order valence-corrected chi connectivity index (χ1v) is 8.43. The number of hydrogen-bond donors (Lipinski definition) is 1. The molecule has 128 valence electrons. The summed E-state index contributed by atoms with van der Waals surface area (Å²) in [5, 5.41) is 2.81. The molecule has 1 aliphatic rings. The van der Waals surface area contributed by atoms with Crippen molar-refractivity contribution in [3.63, 3.8) is 0 Å². The molecule has 1 aromatic heterocycles. The van der Waals surface area contributed by atoms with Crippen molar-refractivity contribution in [3.05, 3.63) is 24.3 Å². The highest BCUT2D eigenvalue weighted by Crippen LogP contribution is 2.28. The van der Waals surface area contributed by atoms with Gasteiger partial charge in [0.15, 0.2) is 0 Å². The Hall–Kier alpha value is -1.69. The van der Waals surface area contributed by atoms with Gasteiger partial charge in [0.05, 0.1) is 6.04 Å². The molecule has 6 nitrogen and oxygen atoms in total. The van der Waals surface area contributed by atoms with E-state index in [1.807, 2.05) is 26.8 Å². The number of rotatable bonds is 5. The van der Waals surface area contributed by atoms with Crippen LogP contribution in [-0.2, 0) is 4.74 Å². The molecule has 6 heteroatoms. The summed E-state index contributed by atoms with van der Waals surface area (Å²) in [5.41, 5.74) is -0.452. The Morgan fingerprint density at radius 3 is 2.78 bits per heavy atom. The minimum Gasteiger partial charge on any atom is -0.444 e. The third-order valence-corrected chi connectivity index (χ3v) is 3.79. The highest BCUT2D eigenvalue weighted by molar-refractivity contribution is 5.67. The minimum absolute atomic E-state index is 0.298. The average molecular weight is 320 g/mol. The van der Waals surface area contributed by atoms with Gasteiger partial charge in [-0.25, -0.2) is 14.8 Å². The molecule has 2 heterocycles. The van der Waals surface area contributed by atoms with E-state index >= 15 is 0 Å². The zero-order chi connectivity index (χ0) is 16.7. The largest absolute Gasteiger partial charge is 0.444 e. The Morgan fingerprint density at radius 2 is 2.09 bits per heavy atom. The lowest BCUT2D eigenvalue weighted by atomic mass is 10.0. The SMILES string of the molecule is CC(C)(C)OC(=O)NCCCN1CCCCC1c1ncccn1. The van der Waals surface area contributed by atoms with Gasteiger partial charge in [-0.3, -0.25) is 4.90 Å². The highest BCUT2D eigenvalue weighted by atomic mass is 16.6. The summed E-state index contributed by atoms with van der Waals surface area (Å²) in [6.07, 6.45) is 7.68. The number of aromatic nitrogens is 2. The summed E-state index contributed by atoms with van der Waals surface area (Å²) in [7, 11) is 0. The maximum absolute atomic E-state index is 11.6. The van der Waals surface area contributed by atoms with Crippen LogP contribution >= 0.6 is 0 Å².